The zero-order valence-electron chi connectivity index (χ0n) is 11.2. The van der Waals surface area contributed by atoms with Crippen LogP contribution in [0.3, 0.4) is 0 Å². The fourth-order valence-corrected chi connectivity index (χ4v) is 2.25. The molecule has 0 saturated heterocycles. The van der Waals surface area contributed by atoms with Crippen LogP contribution in [-0.4, -0.2) is 27.3 Å². The number of nitrogens with zero attached hydrogens (tertiary/aromatic N) is 4. The highest BCUT2D eigenvalue weighted by atomic mass is 35.5. The fourth-order valence-electron chi connectivity index (χ4n) is 2.01. The van der Waals surface area contributed by atoms with Crippen molar-refractivity contribution in [2.75, 3.05) is 12.8 Å². The minimum atomic E-state index is 0.536. The summed E-state index contributed by atoms with van der Waals surface area (Å²) in [7, 11) is 1.62. The molecule has 0 radical (unpaired) electrons. The van der Waals surface area contributed by atoms with Crippen molar-refractivity contribution in [1.82, 2.24) is 20.2 Å². The normalized spacial score (nSPS) is 10.6. The molecule has 106 valence electrons. The van der Waals surface area contributed by atoms with Crippen molar-refractivity contribution in [3.63, 3.8) is 0 Å². The summed E-state index contributed by atoms with van der Waals surface area (Å²) in [6.07, 6.45) is 0. The minimum Gasteiger partial charge on any atom is -0.497 e. The highest BCUT2D eigenvalue weighted by Gasteiger charge is 2.12. The Morgan fingerprint density at radius 2 is 1.90 bits per heavy atom. The number of hydrogen-bond acceptors (Lipinski definition) is 5. The van der Waals surface area contributed by atoms with Crippen molar-refractivity contribution in [2.24, 2.45) is 0 Å². The molecule has 0 bridgehead atoms. The molecule has 1 heterocycles. The first kappa shape index (κ1) is 13.4. The second kappa shape index (κ2) is 5.41. The molecule has 0 aliphatic heterocycles. The lowest BCUT2D eigenvalue weighted by Crippen LogP contribution is -2.00. The Kier molecular flexibility index (Phi) is 3.45. The van der Waals surface area contributed by atoms with Gasteiger partial charge in [-0.2, -0.15) is 4.68 Å². The van der Waals surface area contributed by atoms with Crippen molar-refractivity contribution in [2.45, 2.75) is 0 Å². The lowest BCUT2D eigenvalue weighted by Gasteiger charge is -2.07. The van der Waals surface area contributed by atoms with Crippen LogP contribution in [0.4, 0.5) is 5.69 Å². The largest absolute Gasteiger partial charge is 0.497 e. The average Bonchev–Trinajstić information content (AvgIpc) is 2.96. The van der Waals surface area contributed by atoms with E-state index in [0.717, 1.165) is 17.0 Å². The third-order valence-corrected chi connectivity index (χ3v) is 3.18. The molecule has 21 heavy (non-hydrogen) atoms. The third kappa shape index (κ3) is 2.66. The molecular formula is C14H12ClN5O. The predicted octanol–water partition coefficient (Wildman–Crippen LogP) is 2.57. The number of aromatic nitrogens is 4. The Morgan fingerprint density at radius 3 is 2.57 bits per heavy atom. The SMILES string of the molecule is COc1ccc(-n2nnnc2-c2cc(N)cc(Cl)c2)cc1. The van der Waals surface area contributed by atoms with Crippen molar-refractivity contribution >= 4 is 17.3 Å². The van der Waals surface area contributed by atoms with E-state index in [-0.39, 0.29) is 0 Å². The highest BCUT2D eigenvalue weighted by molar-refractivity contribution is 6.31. The van der Waals surface area contributed by atoms with Gasteiger partial charge in [0.05, 0.1) is 12.8 Å². The van der Waals surface area contributed by atoms with Crippen molar-refractivity contribution in [3.8, 4) is 22.8 Å². The molecule has 2 aromatic carbocycles. The zero-order chi connectivity index (χ0) is 14.8. The maximum atomic E-state index is 6.03. The van der Waals surface area contributed by atoms with E-state index in [1.807, 2.05) is 24.3 Å². The summed E-state index contributed by atoms with van der Waals surface area (Å²) >= 11 is 6.03. The molecule has 0 atom stereocenters. The smallest absolute Gasteiger partial charge is 0.187 e. The molecular weight excluding hydrogens is 290 g/mol. The summed E-state index contributed by atoms with van der Waals surface area (Å²) in [5, 5.41) is 12.3. The number of anilines is 1. The van der Waals surface area contributed by atoms with Crippen LogP contribution in [0.1, 0.15) is 0 Å². The van der Waals surface area contributed by atoms with E-state index in [2.05, 4.69) is 15.5 Å². The van der Waals surface area contributed by atoms with Crippen LogP contribution in [0.15, 0.2) is 42.5 Å². The number of hydrogen-bond donors (Lipinski definition) is 1. The number of tetrazole rings is 1. The molecule has 0 aliphatic rings. The number of methoxy groups -OCH3 is 1. The summed E-state index contributed by atoms with van der Waals surface area (Å²) < 4.78 is 6.75. The monoisotopic (exact) mass is 301 g/mol. The standard InChI is InChI=1S/C14H12ClN5O/c1-21-13-4-2-12(3-5-13)20-14(17-18-19-20)9-6-10(15)8-11(16)7-9/h2-8H,16H2,1H3. The summed E-state index contributed by atoms with van der Waals surface area (Å²) in [4.78, 5) is 0. The van der Waals surface area contributed by atoms with Crippen LogP contribution < -0.4 is 10.5 Å². The van der Waals surface area contributed by atoms with Crippen molar-refractivity contribution < 1.29 is 4.74 Å². The first-order valence-electron chi connectivity index (χ1n) is 6.16. The number of nitrogen functional groups attached to an aromatic ring is 1. The number of rotatable bonds is 3. The van der Waals surface area contributed by atoms with Gasteiger partial charge in [0.1, 0.15) is 5.75 Å². The molecule has 3 aromatic rings. The minimum absolute atomic E-state index is 0.536. The van der Waals surface area contributed by atoms with Crippen molar-refractivity contribution in [1.29, 1.82) is 0 Å². The van der Waals surface area contributed by atoms with Crippen LogP contribution >= 0.6 is 11.6 Å². The number of halogens is 1. The van der Waals surface area contributed by atoms with E-state index in [9.17, 15) is 0 Å². The lowest BCUT2D eigenvalue weighted by atomic mass is 10.2. The molecule has 2 N–H and O–H groups in total. The molecule has 0 amide bonds. The van der Waals surface area contributed by atoms with E-state index in [1.54, 1.807) is 30.0 Å². The average molecular weight is 302 g/mol. The summed E-state index contributed by atoms with van der Waals surface area (Å²) in [6, 6.07) is 12.6. The molecule has 6 nitrogen and oxygen atoms in total. The van der Waals surface area contributed by atoms with E-state index in [1.165, 1.54) is 0 Å². The maximum absolute atomic E-state index is 6.03. The Hall–Kier alpha value is -2.60. The van der Waals surface area contributed by atoms with E-state index >= 15 is 0 Å². The van der Waals surface area contributed by atoms with Gasteiger partial charge in [-0.25, -0.2) is 0 Å². The lowest BCUT2D eigenvalue weighted by molar-refractivity contribution is 0.414. The molecule has 1 aromatic heterocycles. The summed E-state index contributed by atoms with van der Waals surface area (Å²) in [5.74, 6) is 1.33. The van der Waals surface area contributed by atoms with Gasteiger partial charge in [0.25, 0.3) is 0 Å². The van der Waals surface area contributed by atoms with Gasteiger partial charge in [-0.3, -0.25) is 0 Å². The number of nitrogens with two attached hydrogens (primary N) is 1. The van der Waals surface area contributed by atoms with E-state index in [0.29, 0.717) is 16.5 Å². The van der Waals surface area contributed by atoms with Gasteiger partial charge in [-0.15, -0.1) is 5.10 Å². The molecule has 0 fully saturated rings. The molecule has 3 rings (SSSR count). The Morgan fingerprint density at radius 1 is 1.14 bits per heavy atom. The predicted molar refractivity (Wildman–Crippen MR) is 80.6 cm³/mol. The number of ether oxygens (including phenoxy) is 1. The number of benzene rings is 2. The van der Waals surface area contributed by atoms with Gasteiger partial charge in [-0.05, 0) is 52.9 Å². The van der Waals surface area contributed by atoms with Gasteiger partial charge in [0, 0.05) is 16.3 Å². The van der Waals surface area contributed by atoms with Crippen LogP contribution in [0.25, 0.3) is 17.1 Å². The van der Waals surface area contributed by atoms with Gasteiger partial charge >= 0.3 is 0 Å². The molecule has 0 aliphatic carbocycles. The Balaban J connectivity index is 2.07. The van der Waals surface area contributed by atoms with Crippen LogP contribution in [0.2, 0.25) is 5.02 Å². The van der Waals surface area contributed by atoms with Gasteiger partial charge < -0.3 is 10.5 Å². The quantitative estimate of drug-likeness (QED) is 0.752. The summed E-state index contributed by atoms with van der Waals surface area (Å²) in [6.45, 7) is 0. The van der Waals surface area contributed by atoms with Crippen molar-refractivity contribution in [3.05, 3.63) is 47.5 Å². The third-order valence-electron chi connectivity index (χ3n) is 2.96. The Bertz CT molecular complexity index is 749. The summed E-state index contributed by atoms with van der Waals surface area (Å²) in [5.41, 5.74) is 7.94. The first-order valence-corrected chi connectivity index (χ1v) is 6.54. The van der Waals surface area contributed by atoms with Gasteiger partial charge in [0.15, 0.2) is 5.82 Å². The molecule has 0 spiro atoms. The first-order chi connectivity index (χ1) is 10.2. The second-order valence-corrected chi connectivity index (χ2v) is 4.82. The second-order valence-electron chi connectivity index (χ2n) is 4.39. The Labute approximate surface area is 126 Å². The van der Waals surface area contributed by atoms with Crippen LogP contribution in [-0.2, 0) is 0 Å². The van der Waals surface area contributed by atoms with E-state index < -0.39 is 0 Å². The van der Waals surface area contributed by atoms with Crippen LogP contribution in [0.5, 0.6) is 5.75 Å². The van der Waals surface area contributed by atoms with Gasteiger partial charge in [0.2, 0.25) is 0 Å². The maximum Gasteiger partial charge on any atom is 0.187 e. The zero-order valence-corrected chi connectivity index (χ0v) is 11.9. The van der Waals surface area contributed by atoms with Crippen LogP contribution in [0, 0.1) is 0 Å². The highest BCUT2D eigenvalue weighted by Crippen LogP contribution is 2.26. The van der Waals surface area contributed by atoms with Gasteiger partial charge in [-0.1, -0.05) is 11.6 Å². The van der Waals surface area contributed by atoms with E-state index in [4.69, 9.17) is 22.1 Å². The fraction of sp³-hybridized carbons (Fsp3) is 0.0714. The topological polar surface area (TPSA) is 78.8 Å². The molecule has 7 heteroatoms. The molecule has 0 unspecified atom stereocenters. The molecule has 0 saturated carbocycles.